The highest BCUT2D eigenvalue weighted by Crippen LogP contribution is 2.32. The Bertz CT molecular complexity index is 1400. The number of rotatable bonds is 4. The summed E-state index contributed by atoms with van der Waals surface area (Å²) in [6.07, 6.45) is 0.551. The zero-order chi connectivity index (χ0) is 23.2. The van der Waals surface area contributed by atoms with Crippen molar-refractivity contribution in [3.05, 3.63) is 70.0 Å². The zero-order valence-corrected chi connectivity index (χ0v) is 17.6. The van der Waals surface area contributed by atoms with E-state index in [-0.39, 0.29) is 23.2 Å². The van der Waals surface area contributed by atoms with Gasteiger partial charge in [-0.3, -0.25) is 9.59 Å². The molecule has 0 spiro atoms. The number of carbonyl (C=O) groups excluding carboxylic acids is 1. The van der Waals surface area contributed by atoms with Crippen LogP contribution in [0.4, 0.5) is 18.9 Å². The van der Waals surface area contributed by atoms with Crippen molar-refractivity contribution in [1.29, 1.82) is 0 Å². The van der Waals surface area contributed by atoms with Crippen molar-refractivity contribution in [2.24, 2.45) is 0 Å². The first-order valence-corrected chi connectivity index (χ1v) is 9.89. The number of aryl methyl sites for hydroxylation is 1. The molecule has 0 radical (unpaired) electrons. The van der Waals surface area contributed by atoms with E-state index in [0.29, 0.717) is 11.4 Å². The maximum atomic E-state index is 13.2. The van der Waals surface area contributed by atoms with Gasteiger partial charge in [0.05, 0.1) is 22.3 Å². The fourth-order valence-electron chi connectivity index (χ4n) is 3.63. The van der Waals surface area contributed by atoms with Crippen LogP contribution in [0.15, 0.2) is 47.7 Å². The first-order valence-electron chi connectivity index (χ1n) is 9.89. The molecule has 0 aliphatic heterocycles. The number of fused-ring (bicyclic) bond motifs is 2. The van der Waals surface area contributed by atoms with Crippen LogP contribution < -0.4 is 10.9 Å². The van der Waals surface area contributed by atoms with Gasteiger partial charge in [-0.25, -0.2) is 9.67 Å². The van der Waals surface area contributed by atoms with E-state index in [0.717, 1.165) is 34.1 Å². The molecule has 166 valence electrons. The third-order valence-corrected chi connectivity index (χ3v) is 5.11. The molecule has 3 aromatic heterocycles. The SMILES string of the molecule is Cc1cc(NC(=O)Cn2nc(C(C)C)c3cc(C(F)(F)F)ccc3c2=O)cn2ccnc12. The van der Waals surface area contributed by atoms with Gasteiger partial charge in [-0.15, -0.1) is 0 Å². The van der Waals surface area contributed by atoms with Crippen LogP contribution in [0.2, 0.25) is 0 Å². The smallest absolute Gasteiger partial charge is 0.323 e. The molecule has 0 fully saturated rings. The predicted octanol–water partition coefficient (Wildman–Crippen LogP) is 4.13. The molecular weight excluding hydrogens is 423 g/mol. The number of nitrogens with zero attached hydrogens (tertiary/aromatic N) is 4. The maximum absolute atomic E-state index is 13.2. The van der Waals surface area contributed by atoms with Crippen LogP contribution in [-0.4, -0.2) is 25.1 Å². The standard InChI is InChI=1S/C22H20F3N5O2/c1-12(2)19-17-9-14(22(23,24)25)4-5-16(17)21(32)30(28-19)11-18(31)27-15-8-13(3)20-26-6-7-29(20)10-15/h4-10,12H,11H2,1-3H3,(H,27,31). The average Bonchev–Trinajstić information content (AvgIpc) is 3.18. The summed E-state index contributed by atoms with van der Waals surface area (Å²) in [6, 6.07) is 4.70. The zero-order valence-electron chi connectivity index (χ0n) is 17.6. The number of halogens is 3. The first-order chi connectivity index (χ1) is 15.0. The van der Waals surface area contributed by atoms with Crippen LogP contribution in [0, 0.1) is 6.92 Å². The molecular formula is C22H20F3N5O2. The first kappa shape index (κ1) is 21.5. The molecule has 0 aliphatic carbocycles. The van der Waals surface area contributed by atoms with E-state index in [1.807, 2.05) is 6.92 Å². The van der Waals surface area contributed by atoms with Crippen LogP contribution >= 0.6 is 0 Å². The molecule has 0 saturated heterocycles. The third kappa shape index (κ3) is 3.95. The molecule has 32 heavy (non-hydrogen) atoms. The lowest BCUT2D eigenvalue weighted by Gasteiger charge is -2.15. The summed E-state index contributed by atoms with van der Waals surface area (Å²) in [5, 5.41) is 7.18. The Kier molecular flexibility index (Phi) is 5.23. The lowest BCUT2D eigenvalue weighted by atomic mass is 10.0. The third-order valence-electron chi connectivity index (χ3n) is 5.11. The molecule has 7 nitrogen and oxygen atoms in total. The summed E-state index contributed by atoms with van der Waals surface area (Å²) >= 11 is 0. The molecule has 4 aromatic rings. The minimum Gasteiger partial charge on any atom is -0.323 e. The van der Waals surface area contributed by atoms with E-state index in [4.69, 9.17) is 0 Å². The van der Waals surface area contributed by atoms with Crippen molar-refractivity contribution in [3.63, 3.8) is 0 Å². The number of aromatic nitrogens is 4. The van der Waals surface area contributed by atoms with Gasteiger partial charge in [0.1, 0.15) is 12.2 Å². The number of hydrogen-bond donors (Lipinski definition) is 1. The minimum atomic E-state index is -4.54. The number of alkyl halides is 3. The number of carbonyl (C=O) groups is 1. The van der Waals surface area contributed by atoms with Crippen molar-refractivity contribution in [2.45, 2.75) is 39.4 Å². The number of imidazole rings is 1. The van der Waals surface area contributed by atoms with Gasteiger partial charge >= 0.3 is 6.18 Å². The van der Waals surface area contributed by atoms with Gasteiger partial charge in [-0.1, -0.05) is 13.8 Å². The highest BCUT2D eigenvalue weighted by molar-refractivity contribution is 5.91. The Hall–Kier alpha value is -3.69. The van der Waals surface area contributed by atoms with E-state index < -0.39 is 23.2 Å². The van der Waals surface area contributed by atoms with Crippen molar-refractivity contribution in [3.8, 4) is 0 Å². The van der Waals surface area contributed by atoms with Crippen LogP contribution in [-0.2, 0) is 17.5 Å². The topological polar surface area (TPSA) is 81.3 Å². The van der Waals surface area contributed by atoms with Gasteiger partial charge < -0.3 is 9.72 Å². The van der Waals surface area contributed by atoms with Gasteiger partial charge in [0.25, 0.3) is 5.56 Å². The van der Waals surface area contributed by atoms with Crippen molar-refractivity contribution in [1.82, 2.24) is 19.2 Å². The molecule has 0 saturated carbocycles. The van der Waals surface area contributed by atoms with Gasteiger partial charge in [-0.2, -0.15) is 18.3 Å². The van der Waals surface area contributed by atoms with Crippen LogP contribution in [0.5, 0.6) is 0 Å². The fourth-order valence-corrected chi connectivity index (χ4v) is 3.63. The van der Waals surface area contributed by atoms with Crippen molar-refractivity contribution in [2.75, 3.05) is 5.32 Å². The van der Waals surface area contributed by atoms with Gasteiger partial charge in [-0.05, 0) is 42.7 Å². The second-order valence-corrected chi connectivity index (χ2v) is 7.88. The van der Waals surface area contributed by atoms with E-state index in [2.05, 4.69) is 15.4 Å². The summed E-state index contributed by atoms with van der Waals surface area (Å²) in [5.74, 6) is -0.748. The maximum Gasteiger partial charge on any atom is 0.416 e. The molecule has 0 bridgehead atoms. The molecule has 3 heterocycles. The number of pyridine rings is 1. The molecule has 1 amide bonds. The number of hydrogen-bond acceptors (Lipinski definition) is 4. The fraction of sp³-hybridized carbons (Fsp3) is 0.273. The van der Waals surface area contributed by atoms with E-state index >= 15 is 0 Å². The summed E-state index contributed by atoms with van der Waals surface area (Å²) < 4.78 is 42.2. The van der Waals surface area contributed by atoms with Gasteiger partial charge in [0, 0.05) is 24.0 Å². The second-order valence-electron chi connectivity index (χ2n) is 7.88. The summed E-state index contributed by atoms with van der Waals surface area (Å²) in [5.41, 5.74) is 0.967. The molecule has 0 atom stereocenters. The predicted molar refractivity (Wildman–Crippen MR) is 114 cm³/mol. The Morgan fingerprint density at radius 3 is 2.62 bits per heavy atom. The summed E-state index contributed by atoms with van der Waals surface area (Å²) in [4.78, 5) is 29.7. The molecule has 1 N–H and O–H groups in total. The van der Waals surface area contributed by atoms with Gasteiger partial charge in [0.15, 0.2) is 0 Å². The lowest BCUT2D eigenvalue weighted by molar-refractivity contribution is -0.137. The van der Waals surface area contributed by atoms with Crippen molar-refractivity contribution >= 4 is 28.0 Å². The molecule has 1 aromatic carbocycles. The largest absolute Gasteiger partial charge is 0.416 e. The van der Waals surface area contributed by atoms with E-state index in [9.17, 15) is 22.8 Å². The quantitative estimate of drug-likeness (QED) is 0.514. The van der Waals surface area contributed by atoms with Crippen LogP contribution in [0.25, 0.3) is 16.4 Å². The second kappa shape index (κ2) is 7.77. The normalized spacial score (nSPS) is 12.1. The number of amides is 1. The minimum absolute atomic E-state index is 0.0835. The number of benzene rings is 1. The molecule has 0 unspecified atom stereocenters. The average molecular weight is 443 g/mol. The summed E-state index contributed by atoms with van der Waals surface area (Å²) in [6.45, 7) is 5.01. The molecule has 10 heteroatoms. The van der Waals surface area contributed by atoms with Crippen LogP contribution in [0.1, 0.15) is 36.6 Å². The summed E-state index contributed by atoms with van der Waals surface area (Å²) in [7, 11) is 0. The Balaban J connectivity index is 1.69. The monoisotopic (exact) mass is 443 g/mol. The Morgan fingerprint density at radius 1 is 1.19 bits per heavy atom. The Morgan fingerprint density at radius 2 is 1.94 bits per heavy atom. The number of nitrogens with one attached hydrogen (secondary N) is 1. The lowest BCUT2D eigenvalue weighted by Crippen LogP contribution is -2.31. The van der Waals surface area contributed by atoms with Crippen molar-refractivity contribution < 1.29 is 18.0 Å². The highest BCUT2D eigenvalue weighted by Gasteiger charge is 2.31. The Labute approximate surface area is 180 Å². The highest BCUT2D eigenvalue weighted by atomic mass is 19.4. The molecule has 0 aliphatic rings. The number of anilines is 1. The van der Waals surface area contributed by atoms with Gasteiger partial charge in [0.2, 0.25) is 5.91 Å². The molecule has 4 rings (SSSR count). The van der Waals surface area contributed by atoms with Crippen LogP contribution in [0.3, 0.4) is 0 Å². The van der Waals surface area contributed by atoms with E-state index in [1.54, 1.807) is 42.9 Å². The van der Waals surface area contributed by atoms with E-state index in [1.165, 1.54) is 0 Å².